The Kier molecular flexibility index (Phi) is 5.97. The smallest absolute Gasteiger partial charge is 0.303 e. The number of esters is 1. The van der Waals surface area contributed by atoms with Crippen molar-refractivity contribution in [3.05, 3.63) is 34.9 Å². The largest absolute Gasteiger partial charge is 0.455 e. The molecule has 0 aliphatic carbocycles. The molecule has 0 saturated carbocycles. The van der Waals surface area contributed by atoms with Gasteiger partial charge in [-0.15, -0.1) is 0 Å². The van der Waals surface area contributed by atoms with Crippen molar-refractivity contribution in [3.8, 4) is 0 Å². The van der Waals surface area contributed by atoms with Crippen molar-refractivity contribution < 1.29 is 19.4 Å². The predicted molar refractivity (Wildman–Crippen MR) is 63.9 cm³/mol. The van der Waals surface area contributed by atoms with E-state index in [4.69, 9.17) is 26.2 Å². The van der Waals surface area contributed by atoms with E-state index in [1.165, 1.54) is 6.92 Å². The second-order valence-corrected chi connectivity index (χ2v) is 3.89. The van der Waals surface area contributed by atoms with E-state index in [9.17, 15) is 4.79 Å². The van der Waals surface area contributed by atoms with E-state index in [1.54, 1.807) is 18.2 Å². The third-order valence-corrected chi connectivity index (χ3v) is 2.27. The first kappa shape index (κ1) is 14.0. The van der Waals surface area contributed by atoms with Gasteiger partial charge in [-0.2, -0.15) is 0 Å². The quantitative estimate of drug-likeness (QED) is 0.626. The highest BCUT2D eigenvalue weighted by Crippen LogP contribution is 2.21. The second-order valence-electron chi connectivity index (χ2n) is 3.45. The third kappa shape index (κ3) is 5.17. The van der Waals surface area contributed by atoms with E-state index in [1.807, 2.05) is 6.07 Å². The Bertz CT molecular complexity index is 367. The Morgan fingerprint density at radius 2 is 2.29 bits per heavy atom. The molecule has 17 heavy (non-hydrogen) atoms. The van der Waals surface area contributed by atoms with Crippen molar-refractivity contribution in [2.24, 2.45) is 0 Å². The fraction of sp³-hybridized carbons (Fsp3) is 0.417. The number of aliphatic hydroxyl groups excluding tert-OH is 1. The van der Waals surface area contributed by atoms with Crippen molar-refractivity contribution in [3.63, 3.8) is 0 Å². The fourth-order valence-corrected chi connectivity index (χ4v) is 1.56. The van der Waals surface area contributed by atoms with Crippen LogP contribution in [0.2, 0.25) is 5.02 Å². The van der Waals surface area contributed by atoms with Crippen molar-refractivity contribution in [1.29, 1.82) is 0 Å². The van der Waals surface area contributed by atoms with Crippen LogP contribution in [0.15, 0.2) is 24.3 Å². The standard InChI is InChI=1S/C12H15ClO4/c1-9(15)17-12(8-16-6-5-14)10-3-2-4-11(13)7-10/h2-4,7,12,14H,5-6,8H2,1H3. The van der Waals surface area contributed by atoms with Gasteiger partial charge in [-0.25, -0.2) is 0 Å². The average Bonchev–Trinajstić information content (AvgIpc) is 2.27. The van der Waals surface area contributed by atoms with Gasteiger partial charge in [0.15, 0.2) is 6.10 Å². The molecule has 0 aliphatic heterocycles. The van der Waals surface area contributed by atoms with Gasteiger partial charge in [0.2, 0.25) is 0 Å². The summed E-state index contributed by atoms with van der Waals surface area (Å²) in [7, 11) is 0. The summed E-state index contributed by atoms with van der Waals surface area (Å²) < 4.78 is 10.3. The topological polar surface area (TPSA) is 55.8 Å². The number of hydrogen-bond donors (Lipinski definition) is 1. The molecule has 1 unspecified atom stereocenters. The summed E-state index contributed by atoms with van der Waals surface area (Å²) in [6.07, 6.45) is -0.502. The fourth-order valence-electron chi connectivity index (χ4n) is 1.36. The Labute approximate surface area is 105 Å². The van der Waals surface area contributed by atoms with Gasteiger partial charge in [-0.1, -0.05) is 23.7 Å². The molecule has 1 N–H and O–H groups in total. The summed E-state index contributed by atoms with van der Waals surface area (Å²) in [5, 5.41) is 9.19. The molecule has 0 fully saturated rings. The van der Waals surface area contributed by atoms with E-state index in [0.717, 1.165) is 5.56 Å². The molecule has 0 heterocycles. The summed E-state index contributed by atoms with van der Waals surface area (Å²) in [5.74, 6) is -0.387. The van der Waals surface area contributed by atoms with E-state index >= 15 is 0 Å². The Balaban J connectivity index is 2.70. The van der Waals surface area contributed by atoms with Gasteiger partial charge in [0.1, 0.15) is 0 Å². The van der Waals surface area contributed by atoms with Crippen LogP contribution in [0.25, 0.3) is 0 Å². The maximum atomic E-state index is 11.0. The van der Waals surface area contributed by atoms with Gasteiger partial charge >= 0.3 is 5.97 Å². The first-order valence-electron chi connectivity index (χ1n) is 5.24. The molecule has 0 aromatic heterocycles. The SMILES string of the molecule is CC(=O)OC(COCCO)c1cccc(Cl)c1. The van der Waals surface area contributed by atoms with Crippen LogP contribution in [0.3, 0.4) is 0 Å². The van der Waals surface area contributed by atoms with Gasteiger partial charge in [-0.05, 0) is 17.7 Å². The summed E-state index contributed by atoms with van der Waals surface area (Å²) in [4.78, 5) is 11.0. The zero-order valence-electron chi connectivity index (χ0n) is 9.56. The Morgan fingerprint density at radius 1 is 1.53 bits per heavy atom. The summed E-state index contributed by atoms with van der Waals surface area (Å²) >= 11 is 5.87. The summed E-state index contributed by atoms with van der Waals surface area (Å²) in [6, 6.07) is 7.05. The van der Waals surface area contributed by atoms with Crippen LogP contribution >= 0.6 is 11.6 Å². The molecule has 94 valence electrons. The molecule has 1 aromatic carbocycles. The van der Waals surface area contributed by atoms with Crippen LogP contribution in [0, 0.1) is 0 Å². The number of rotatable bonds is 6. The predicted octanol–water partition coefficient (Wildman–Crippen LogP) is 1.95. The number of aliphatic hydroxyl groups is 1. The molecule has 0 radical (unpaired) electrons. The summed E-state index contributed by atoms with van der Waals surface area (Å²) in [5.41, 5.74) is 0.769. The highest BCUT2D eigenvalue weighted by molar-refractivity contribution is 6.30. The van der Waals surface area contributed by atoms with Crippen LogP contribution in [-0.2, 0) is 14.3 Å². The van der Waals surface area contributed by atoms with Crippen LogP contribution in [-0.4, -0.2) is 30.9 Å². The Morgan fingerprint density at radius 3 is 2.88 bits per heavy atom. The van der Waals surface area contributed by atoms with Crippen LogP contribution in [0.4, 0.5) is 0 Å². The lowest BCUT2D eigenvalue weighted by atomic mass is 10.1. The lowest BCUT2D eigenvalue weighted by molar-refractivity contribution is -0.150. The Hall–Kier alpha value is -1.10. The minimum absolute atomic E-state index is 0.0671. The van der Waals surface area contributed by atoms with E-state index in [0.29, 0.717) is 5.02 Å². The van der Waals surface area contributed by atoms with Gasteiger partial charge in [0, 0.05) is 11.9 Å². The number of ether oxygens (including phenoxy) is 2. The average molecular weight is 259 g/mol. The molecule has 1 aromatic rings. The minimum Gasteiger partial charge on any atom is -0.455 e. The minimum atomic E-state index is -0.502. The van der Waals surface area contributed by atoms with Crippen LogP contribution in [0.1, 0.15) is 18.6 Å². The highest BCUT2D eigenvalue weighted by Gasteiger charge is 2.15. The second kappa shape index (κ2) is 7.27. The first-order valence-corrected chi connectivity index (χ1v) is 5.62. The molecule has 1 atom stereocenters. The maximum Gasteiger partial charge on any atom is 0.303 e. The van der Waals surface area contributed by atoms with E-state index in [-0.39, 0.29) is 25.8 Å². The molecule has 0 saturated heterocycles. The van der Waals surface area contributed by atoms with Gasteiger partial charge in [-0.3, -0.25) is 4.79 Å². The van der Waals surface area contributed by atoms with Crippen LogP contribution < -0.4 is 0 Å². The lowest BCUT2D eigenvalue weighted by Gasteiger charge is -2.17. The van der Waals surface area contributed by atoms with Crippen molar-refractivity contribution in [2.75, 3.05) is 19.8 Å². The maximum absolute atomic E-state index is 11.0. The molecular formula is C12H15ClO4. The zero-order chi connectivity index (χ0) is 12.7. The van der Waals surface area contributed by atoms with Crippen molar-refractivity contribution in [1.82, 2.24) is 0 Å². The highest BCUT2D eigenvalue weighted by atomic mass is 35.5. The van der Waals surface area contributed by atoms with E-state index in [2.05, 4.69) is 0 Å². The molecular weight excluding hydrogens is 244 g/mol. The molecule has 4 nitrogen and oxygen atoms in total. The monoisotopic (exact) mass is 258 g/mol. The van der Waals surface area contributed by atoms with Crippen molar-refractivity contribution >= 4 is 17.6 Å². The summed E-state index contributed by atoms with van der Waals surface area (Å²) in [6.45, 7) is 1.67. The normalized spacial score (nSPS) is 12.2. The number of carbonyl (C=O) groups is 1. The molecule has 1 rings (SSSR count). The van der Waals surface area contributed by atoms with Gasteiger partial charge in [0.25, 0.3) is 0 Å². The molecule has 0 aliphatic rings. The number of hydrogen-bond acceptors (Lipinski definition) is 4. The molecule has 0 amide bonds. The lowest BCUT2D eigenvalue weighted by Crippen LogP contribution is -2.16. The van der Waals surface area contributed by atoms with Crippen molar-refractivity contribution in [2.45, 2.75) is 13.0 Å². The third-order valence-electron chi connectivity index (χ3n) is 2.03. The van der Waals surface area contributed by atoms with E-state index < -0.39 is 6.10 Å². The van der Waals surface area contributed by atoms with Gasteiger partial charge < -0.3 is 14.6 Å². The van der Waals surface area contributed by atoms with Crippen LogP contribution in [0.5, 0.6) is 0 Å². The first-order chi connectivity index (χ1) is 8.13. The zero-order valence-corrected chi connectivity index (χ0v) is 10.3. The van der Waals surface area contributed by atoms with Gasteiger partial charge in [0.05, 0.1) is 19.8 Å². The molecule has 5 heteroatoms. The number of benzene rings is 1. The number of carbonyl (C=O) groups excluding carboxylic acids is 1. The molecule has 0 spiro atoms. The number of halogens is 1. The molecule has 0 bridgehead atoms.